The molecule has 1 rings (SSSR count). The van der Waals surface area contributed by atoms with Crippen molar-refractivity contribution >= 4 is 5.95 Å². The fourth-order valence-corrected chi connectivity index (χ4v) is 1.32. The highest BCUT2D eigenvalue weighted by Gasteiger charge is 2.15. The highest BCUT2D eigenvalue weighted by atomic mass is 15.6. The van der Waals surface area contributed by atoms with Gasteiger partial charge in [0.2, 0.25) is 5.95 Å². The van der Waals surface area contributed by atoms with Crippen molar-refractivity contribution in [3.63, 3.8) is 0 Å². The van der Waals surface area contributed by atoms with Crippen molar-refractivity contribution in [3.8, 4) is 0 Å². The fourth-order valence-electron chi connectivity index (χ4n) is 1.32. The molecule has 6 heteroatoms. The summed E-state index contributed by atoms with van der Waals surface area (Å²) in [6.07, 6.45) is 0.949. The van der Waals surface area contributed by atoms with E-state index in [9.17, 15) is 0 Å². The maximum absolute atomic E-state index is 5.48. The average Bonchev–Trinajstić information content (AvgIpc) is 2.52. The Balaban J connectivity index is 2.73. The Hall–Kier alpha value is -1.17. The summed E-state index contributed by atoms with van der Waals surface area (Å²) in [7, 11) is 1.84. The molecule has 0 fully saturated rings. The van der Waals surface area contributed by atoms with Gasteiger partial charge < -0.3 is 10.6 Å². The topological polar surface area (TPSA) is 72.9 Å². The van der Waals surface area contributed by atoms with Gasteiger partial charge >= 0.3 is 0 Å². The molecule has 1 heterocycles. The van der Waals surface area contributed by atoms with Gasteiger partial charge in [0.15, 0.2) is 0 Å². The first-order valence-electron chi connectivity index (χ1n) is 4.86. The van der Waals surface area contributed by atoms with Crippen LogP contribution in [-0.2, 0) is 7.05 Å². The van der Waals surface area contributed by atoms with E-state index in [0.717, 1.165) is 18.9 Å². The van der Waals surface area contributed by atoms with Crippen molar-refractivity contribution < 1.29 is 0 Å². The standard InChI is InChI=1S/C8H18N6/c1-7(2)14(6-4-5-9)8-10-11-12-13(8)3/h7H,4-6,9H2,1-3H3. The minimum atomic E-state index is 0.381. The lowest BCUT2D eigenvalue weighted by atomic mass is 10.3. The Labute approximate surface area is 84.1 Å². The molecule has 0 aliphatic heterocycles. The first-order valence-corrected chi connectivity index (χ1v) is 4.86. The molecular formula is C8H18N6. The molecule has 0 spiro atoms. The molecule has 0 amide bonds. The Morgan fingerprint density at radius 2 is 2.21 bits per heavy atom. The van der Waals surface area contributed by atoms with Crippen molar-refractivity contribution in [1.82, 2.24) is 20.2 Å². The maximum atomic E-state index is 5.48. The maximum Gasteiger partial charge on any atom is 0.245 e. The van der Waals surface area contributed by atoms with Crippen molar-refractivity contribution in [2.24, 2.45) is 12.8 Å². The lowest BCUT2D eigenvalue weighted by Gasteiger charge is -2.26. The van der Waals surface area contributed by atoms with Gasteiger partial charge in [-0.1, -0.05) is 5.10 Å². The van der Waals surface area contributed by atoms with E-state index in [1.807, 2.05) is 7.05 Å². The zero-order valence-electron chi connectivity index (χ0n) is 9.01. The number of hydrogen-bond acceptors (Lipinski definition) is 5. The predicted octanol–water partition coefficient (Wildman–Crippen LogP) is -0.226. The highest BCUT2D eigenvalue weighted by molar-refractivity contribution is 5.28. The largest absolute Gasteiger partial charge is 0.337 e. The van der Waals surface area contributed by atoms with Crippen LogP contribution in [0.3, 0.4) is 0 Å². The third kappa shape index (κ3) is 2.41. The Kier molecular flexibility index (Phi) is 3.82. The Bertz CT molecular complexity index is 269. The second-order valence-corrected chi connectivity index (χ2v) is 3.53. The highest BCUT2D eigenvalue weighted by Crippen LogP contribution is 2.10. The second kappa shape index (κ2) is 4.90. The monoisotopic (exact) mass is 198 g/mol. The van der Waals surface area contributed by atoms with Crippen molar-refractivity contribution in [2.75, 3.05) is 18.0 Å². The number of tetrazole rings is 1. The van der Waals surface area contributed by atoms with Crippen LogP contribution in [0.4, 0.5) is 5.95 Å². The summed E-state index contributed by atoms with van der Waals surface area (Å²) in [5.41, 5.74) is 5.48. The van der Waals surface area contributed by atoms with Gasteiger partial charge in [-0.3, -0.25) is 0 Å². The number of nitrogens with zero attached hydrogens (tertiary/aromatic N) is 5. The van der Waals surface area contributed by atoms with E-state index >= 15 is 0 Å². The smallest absolute Gasteiger partial charge is 0.245 e. The molecule has 0 aliphatic rings. The first kappa shape index (κ1) is 10.9. The quantitative estimate of drug-likeness (QED) is 0.707. The third-order valence-electron chi connectivity index (χ3n) is 2.08. The molecule has 1 aromatic rings. The summed E-state index contributed by atoms with van der Waals surface area (Å²) >= 11 is 0. The molecule has 0 saturated heterocycles. The van der Waals surface area contributed by atoms with Crippen LogP contribution >= 0.6 is 0 Å². The minimum absolute atomic E-state index is 0.381. The van der Waals surface area contributed by atoms with Crippen LogP contribution in [0.1, 0.15) is 20.3 Å². The summed E-state index contributed by atoms with van der Waals surface area (Å²) in [5, 5.41) is 11.4. The predicted molar refractivity (Wildman–Crippen MR) is 55.0 cm³/mol. The van der Waals surface area contributed by atoms with E-state index in [0.29, 0.717) is 12.6 Å². The summed E-state index contributed by atoms with van der Waals surface area (Å²) in [5.74, 6) is 0.799. The lowest BCUT2D eigenvalue weighted by Crippen LogP contribution is -2.34. The van der Waals surface area contributed by atoms with E-state index < -0.39 is 0 Å². The molecule has 0 radical (unpaired) electrons. The second-order valence-electron chi connectivity index (χ2n) is 3.53. The number of anilines is 1. The van der Waals surface area contributed by atoms with Crippen LogP contribution in [0.15, 0.2) is 0 Å². The Morgan fingerprint density at radius 3 is 2.64 bits per heavy atom. The van der Waals surface area contributed by atoms with E-state index in [1.54, 1.807) is 4.68 Å². The SMILES string of the molecule is CC(C)N(CCCN)c1nnnn1C. The molecule has 0 saturated carbocycles. The number of aryl methyl sites for hydroxylation is 1. The molecule has 14 heavy (non-hydrogen) atoms. The van der Waals surface area contributed by atoms with Crippen molar-refractivity contribution in [2.45, 2.75) is 26.3 Å². The van der Waals surface area contributed by atoms with E-state index in [-0.39, 0.29) is 0 Å². The van der Waals surface area contributed by atoms with Crippen LogP contribution in [0, 0.1) is 0 Å². The van der Waals surface area contributed by atoms with Crippen LogP contribution in [0.25, 0.3) is 0 Å². The molecular weight excluding hydrogens is 180 g/mol. The van der Waals surface area contributed by atoms with E-state index in [2.05, 4.69) is 34.3 Å². The van der Waals surface area contributed by atoms with E-state index in [4.69, 9.17) is 5.73 Å². The molecule has 2 N–H and O–H groups in total. The van der Waals surface area contributed by atoms with Gasteiger partial charge in [0.25, 0.3) is 0 Å². The number of rotatable bonds is 5. The van der Waals surface area contributed by atoms with Crippen molar-refractivity contribution in [3.05, 3.63) is 0 Å². The minimum Gasteiger partial charge on any atom is -0.337 e. The van der Waals surface area contributed by atoms with Gasteiger partial charge in [-0.15, -0.1) is 0 Å². The zero-order chi connectivity index (χ0) is 10.6. The molecule has 0 bridgehead atoms. The van der Waals surface area contributed by atoms with Crippen molar-refractivity contribution in [1.29, 1.82) is 0 Å². The average molecular weight is 198 g/mol. The number of nitrogens with two attached hydrogens (primary N) is 1. The molecule has 0 unspecified atom stereocenters. The van der Waals surface area contributed by atoms with Crippen LogP contribution in [-0.4, -0.2) is 39.3 Å². The summed E-state index contributed by atoms with van der Waals surface area (Å²) < 4.78 is 1.68. The van der Waals surface area contributed by atoms with Gasteiger partial charge in [0.05, 0.1) is 0 Å². The zero-order valence-corrected chi connectivity index (χ0v) is 9.01. The molecule has 80 valence electrons. The van der Waals surface area contributed by atoms with Gasteiger partial charge in [0.1, 0.15) is 0 Å². The van der Waals surface area contributed by atoms with E-state index in [1.165, 1.54) is 0 Å². The van der Waals surface area contributed by atoms with Gasteiger partial charge in [-0.25, -0.2) is 4.68 Å². The Morgan fingerprint density at radius 1 is 1.50 bits per heavy atom. The number of aromatic nitrogens is 4. The molecule has 0 aromatic carbocycles. The number of hydrogen-bond donors (Lipinski definition) is 1. The molecule has 0 aliphatic carbocycles. The normalized spacial score (nSPS) is 10.9. The molecule has 6 nitrogen and oxygen atoms in total. The lowest BCUT2D eigenvalue weighted by molar-refractivity contribution is 0.612. The fraction of sp³-hybridized carbons (Fsp3) is 0.875. The van der Waals surface area contributed by atoms with Crippen LogP contribution in [0.5, 0.6) is 0 Å². The summed E-state index contributed by atoms with van der Waals surface area (Å²) in [6, 6.07) is 0.381. The summed E-state index contributed by atoms with van der Waals surface area (Å²) in [4.78, 5) is 2.15. The van der Waals surface area contributed by atoms with Gasteiger partial charge in [-0.2, -0.15) is 0 Å². The van der Waals surface area contributed by atoms with Gasteiger partial charge in [-0.05, 0) is 37.2 Å². The van der Waals surface area contributed by atoms with Gasteiger partial charge in [0, 0.05) is 19.6 Å². The molecule has 1 aromatic heterocycles. The summed E-state index contributed by atoms with van der Waals surface area (Å²) in [6.45, 7) is 5.81. The first-order chi connectivity index (χ1) is 6.66. The van der Waals surface area contributed by atoms with Crippen LogP contribution in [0.2, 0.25) is 0 Å². The van der Waals surface area contributed by atoms with Crippen LogP contribution < -0.4 is 10.6 Å². The third-order valence-corrected chi connectivity index (χ3v) is 2.08. The molecule has 0 atom stereocenters.